The second-order valence-corrected chi connectivity index (χ2v) is 6.37. The average Bonchev–Trinajstić information content (AvgIpc) is 2.70. The van der Waals surface area contributed by atoms with E-state index in [9.17, 15) is 4.79 Å². The summed E-state index contributed by atoms with van der Waals surface area (Å²) in [5.41, 5.74) is 5.91. The zero-order valence-corrected chi connectivity index (χ0v) is 16.1. The summed E-state index contributed by atoms with van der Waals surface area (Å²) >= 11 is 5.18. The number of anilines is 1. The number of aryl methyl sites for hydroxylation is 1. The van der Waals surface area contributed by atoms with Gasteiger partial charge in [0.25, 0.3) is 0 Å². The van der Waals surface area contributed by atoms with Gasteiger partial charge in [-0.1, -0.05) is 36.4 Å². The number of esters is 1. The van der Waals surface area contributed by atoms with Crippen molar-refractivity contribution in [1.29, 1.82) is 0 Å². The van der Waals surface area contributed by atoms with E-state index in [4.69, 9.17) is 17.0 Å². The summed E-state index contributed by atoms with van der Waals surface area (Å²) in [5, 5.41) is 7.52. The van der Waals surface area contributed by atoms with Crippen LogP contribution in [-0.2, 0) is 0 Å². The van der Waals surface area contributed by atoms with Crippen LogP contribution in [0.2, 0.25) is 0 Å². The van der Waals surface area contributed by atoms with E-state index in [1.165, 1.54) is 0 Å². The predicted molar refractivity (Wildman–Crippen MR) is 116 cm³/mol. The summed E-state index contributed by atoms with van der Waals surface area (Å²) in [6.45, 7) is 1.88. The Hall–Kier alpha value is -3.51. The summed E-state index contributed by atoms with van der Waals surface area (Å²) in [6, 6.07) is 24.0. The Morgan fingerprint density at radius 2 is 1.64 bits per heavy atom. The van der Waals surface area contributed by atoms with Crippen LogP contribution < -0.4 is 15.5 Å². The van der Waals surface area contributed by atoms with Gasteiger partial charge in [-0.2, -0.15) is 5.10 Å². The Balaban J connectivity index is 1.52. The molecule has 5 nitrogen and oxygen atoms in total. The molecule has 2 N–H and O–H groups in total. The molecule has 140 valence electrons. The van der Waals surface area contributed by atoms with Gasteiger partial charge in [0.1, 0.15) is 5.75 Å². The number of rotatable bonds is 5. The largest absolute Gasteiger partial charge is 0.423 e. The average molecular weight is 389 g/mol. The smallest absolute Gasteiger partial charge is 0.343 e. The molecular weight excluding hydrogens is 370 g/mol. The summed E-state index contributed by atoms with van der Waals surface area (Å²) in [6.07, 6.45) is 1.63. The van der Waals surface area contributed by atoms with Gasteiger partial charge in [0, 0.05) is 5.69 Å². The highest BCUT2D eigenvalue weighted by Crippen LogP contribution is 2.15. The topological polar surface area (TPSA) is 62.7 Å². The molecule has 0 spiro atoms. The molecule has 0 aliphatic rings. The van der Waals surface area contributed by atoms with Crippen molar-refractivity contribution in [2.75, 3.05) is 5.32 Å². The lowest BCUT2D eigenvalue weighted by molar-refractivity contribution is 0.0734. The maximum Gasteiger partial charge on any atom is 0.343 e. The molecular formula is C22H19N3O2S. The summed E-state index contributed by atoms with van der Waals surface area (Å²) in [5.74, 6) is 0.0955. The Bertz CT molecular complexity index is 986. The van der Waals surface area contributed by atoms with Gasteiger partial charge in [0.2, 0.25) is 0 Å². The van der Waals surface area contributed by atoms with Crippen molar-refractivity contribution in [1.82, 2.24) is 5.43 Å². The van der Waals surface area contributed by atoms with E-state index >= 15 is 0 Å². The lowest BCUT2D eigenvalue weighted by atomic mass is 10.1. The maximum absolute atomic E-state index is 12.2. The fraction of sp³-hybridized carbons (Fsp3) is 0.0455. The van der Waals surface area contributed by atoms with E-state index in [1.807, 2.05) is 55.5 Å². The molecule has 0 radical (unpaired) electrons. The third-order valence-corrected chi connectivity index (χ3v) is 4.06. The van der Waals surface area contributed by atoms with Crippen molar-refractivity contribution in [3.05, 3.63) is 95.6 Å². The molecule has 0 aliphatic heterocycles. The fourth-order valence-corrected chi connectivity index (χ4v) is 2.60. The Kier molecular flexibility index (Phi) is 6.49. The van der Waals surface area contributed by atoms with Gasteiger partial charge in [0.05, 0.1) is 11.8 Å². The zero-order valence-electron chi connectivity index (χ0n) is 15.3. The van der Waals surface area contributed by atoms with E-state index < -0.39 is 0 Å². The minimum atomic E-state index is -0.376. The van der Waals surface area contributed by atoms with E-state index in [0.717, 1.165) is 16.8 Å². The first-order valence-electron chi connectivity index (χ1n) is 8.65. The number of hydrogen-bond acceptors (Lipinski definition) is 4. The van der Waals surface area contributed by atoms with Crippen LogP contribution in [-0.4, -0.2) is 17.3 Å². The number of ether oxygens (including phenoxy) is 1. The first-order valence-corrected chi connectivity index (χ1v) is 9.05. The van der Waals surface area contributed by atoms with Crippen LogP contribution in [0.4, 0.5) is 5.69 Å². The third-order valence-electron chi connectivity index (χ3n) is 3.87. The molecule has 3 aromatic rings. The minimum absolute atomic E-state index is 0.376. The van der Waals surface area contributed by atoms with Crippen LogP contribution in [0.25, 0.3) is 0 Å². The summed E-state index contributed by atoms with van der Waals surface area (Å²) in [4.78, 5) is 12.2. The second kappa shape index (κ2) is 9.43. The molecule has 0 atom stereocenters. The van der Waals surface area contributed by atoms with Crippen LogP contribution in [0.5, 0.6) is 5.75 Å². The number of hydrazone groups is 1. The molecule has 0 unspecified atom stereocenters. The molecule has 0 bridgehead atoms. The van der Waals surface area contributed by atoms with E-state index in [2.05, 4.69) is 15.8 Å². The minimum Gasteiger partial charge on any atom is -0.423 e. The van der Waals surface area contributed by atoms with Crippen molar-refractivity contribution in [2.24, 2.45) is 5.10 Å². The monoisotopic (exact) mass is 389 g/mol. The number of hydrogen-bond donors (Lipinski definition) is 2. The van der Waals surface area contributed by atoms with Crippen LogP contribution in [0.15, 0.2) is 84.0 Å². The van der Waals surface area contributed by atoms with Gasteiger partial charge in [0.15, 0.2) is 5.11 Å². The lowest BCUT2D eigenvalue weighted by Crippen LogP contribution is -2.23. The standard InChI is InChI=1S/C22H19N3O2S/c1-16-7-5-6-10-20(16)21(26)27-19-13-11-17(12-14-19)15-23-25-22(28)24-18-8-3-2-4-9-18/h2-15H,1H3,(H2,24,25,28). The SMILES string of the molecule is Cc1ccccc1C(=O)Oc1ccc(C=NNC(=S)Nc2ccccc2)cc1. The molecule has 6 heteroatoms. The van der Waals surface area contributed by atoms with Crippen LogP contribution in [0.3, 0.4) is 0 Å². The summed E-state index contributed by atoms with van der Waals surface area (Å²) in [7, 11) is 0. The molecule has 3 aromatic carbocycles. The number of nitrogens with zero attached hydrogens (tertiary/aromatic N) is 1. The van der Waals surface area contributed by atoms with Crippen LogP contribution in [0, 0.1) is 6.92 Å². The van der Waals surface area contributed by atoms with Crippen molar-refractivity contribution in [3.63, 3.8) is 0 Å². The Morgan fingerprint density at radius 3 is 2.36 bits per heavy atom. The van der Waals surface area contributed by atoms with Gasteiger partial charge in [-0.25, -0.2) is 4.79 Å². The molecule has 0 saturated heterocycles. The molecule has 3 rings (SSSR count). The van der Waals surface area contributed by atoms with Gasteiger partial charge in [-0.05, 0) is 72.7 Å². The van der Waals surface area contributed by atoms with Crippen molar-refractivity contribution in [2.45, 2.75) is 6.92 Å². The summed E-state index contributed by atoms with van der Waals surface area (Å²) < 4.78 is 5.42. The molecule has 0 aromatic heterocycles. The fourth-order valence-electron chi connectivity index (χ4n) is 2.43. The lowest BCUT2D eigenvalue weighted by Gasteiger charge is -2.07. The highest BCUT2D eigenvalue weighted by Gasteiger charge is 2.10. The van der Waals surface area contributed by atoms with E-state index in [0.29, 0.717) is 16.4 Å². The molecule has 0 heterocycles. The molecule has 0 saturated carbocycles. The molecule has 28 heavy (non-hydrogen) atoms. The molecule has 0 fully saturated rings. The van der Waals surface area contributed by atoms with Gasteiger partial charge in [-0.3, -0.25) is 5.43 Å². The highest BCUT2D eigenvalue weighted by atomic mass is 32.1. The van der Waals surface area contributed by atoms with E-state index in [-0.39, 0.29) is 5.97 Å². The van der Waals surface area contributed by atoms with Gasteiger partial charge < -0.3 is 10.1 Å². The third kappa shape index (κ3) is 5.49. The maximum atomic E-state index is 12.2. The normalized spacial score (nSPS) is 10.5. The van der Waals surface area contributed by atoms with Crippen LogP contribution >= 0.6 is 12.2 Å². The number of carbonyl (C=O) groups is 1. The number of carbonyl (C=O) groups excluding carboxylic acids is 1. The second-order valence-electron chi connectivity index (χ2n) is 5.96. The predicted octanol–water partition coefficient (Wildman–Crippen LogP) is 4.53. The number of benzene rings is 3. The van der Waals surface area contributed by atoms with Crippen LogP contribution in [0.1, 0.15) is 21.5 Å². The quantitative estimate of drug-likeness (QED) is 0.221. The first-order chi connectivity index (χ1) is 13.6. The molecule has 0 aliphatic carbocycles. The zero-order chi connectivity index (χ0) is 19.8. The number of nitrogens with one attached hydrogen (secondary N) is 2. The molecule has 0 amide bonds. The van der Waals surface area contributed by atoms with Gasteiger partial charge >= 0.3 is 5.97 Å². The van der Waals surface area contributed by atoms with Crippen molar-refractivity contribution < 1.29 is 9.53 Å². The van der Waals surface area contributed by atoms with Crippen molar-refractivity contribution in [3.8, 4) is 5.75 Å². The highest BCUT2D eigenvalue weighted by molar-refractivity contribution is 7.80. The van der Waals surface area contributed by atoms with Crippen molar-refractivity contribution >= 4 is 35.2 Å². The van der Waals surface area contributed by atoms with E-state index in [1.54, 1.807) is 36.5 Å². The Labute approximate surface area is 169 Å². The number of para-hydroxylation sites is 1. The Morgan fingerprint density at radius 1 is 0.964 bits per heavy atom. The number of thiocarbonyl (C=S) groups is 1. The van der Waals surface area contributed by atoms with Gasteiger partial charge in [-0.15, -0.1) is 0 Å². The first kappa shape index (κ1) is 19.3.